The number of pyridine rings is 1. The summed E-state index contributed by atoms with van der Waals surface area (Å²) in [6.07, 6.45) is 0.864. The van der Waals surface area contributed by atoms with Crippen LogP contribution in [0.3, 0.4) is 0 Å². The molecule has 1 saturated carbocycles. The number of nitrogens with zero attached hydrogens (tertiary/aromatic N) is 3. The predicted octanol–water partition coefficient (Wildman–Crippen LogP) is 1.94. The third kappa shape index (κ3) is 4.10. The van der Waals surface area contributed by atoms with E-state index in [4.69, 9.17) is 19.9 Å². The molecule has 3 aliphatic rings. The van der Waals surface area contributed by atoms with Gasteiger partial charge in [-0.1, -0.05) is 19.6 Å². The highest BCUT2D eigenvalue weighted by Gasteiger charge is 2.53. The van der Waals surface area contributed by atoms with Gasteiger partial charge in [-0.2, -0.15) is 0 Å². The fourth-order valence-corrected chi connectivity index (χ4v) is 4.55. The molecule has 10 heteroatoms. The fourth-order valence-electron chi connectivity index (χ4n) is 3.79. The highest BCUT2D eigenvalue weighted by Crippen LogP contribution is 2.42. The van der Waals surface area contributed by atoms with Crippen LogP contribution in [0.4, 0.5) is 16.4 Å². The minimum atomic E-state index is -1.22. The summed E-state index contributed by atoms with van der Waals surface area (Å²) >= 11 is 0. The number of carbonyl (C=O) groups is 2. The van der Waals surface area contributed by atoms with Gasteiger partial charge in [-0.15, -0.1) is 0 Å². The van der Waals surface area contributed by atoms with Crippen molar-refractivity contribution in [3.8, 4) is 5.75 Å². The first kappa shape index (κ1) is 20.1. The van der Waals surface area contributed by atoms with Crippen LogP contribution in [0.15, 0.2) is 12.1 Å². The van der Waals surface area contributed by atoms with Crippen molar-refractivity contribution in [3.63, 3.8) is 0 Å². The van der Waals surface area contributed by atoms with Crippen molar-refractivity contribution in [2.24, 2.45) is 5.73 Å². The molecule has 158 valence electrons. The fraction of sp³-hybridized carbons (Fsp3) is 0.632. The Morgan fingerprint density at radius 3 is 2.76 bits per heavy atom. The van der Waals surface area contributed by atoms with Gasteiger partial charge >= 0.3 is 6.09 Å². The number of rotatable bonds is 6. The predicted molar refractivity (Wildman–Crippen MR) is 110 cm³/mol. The Labute approximate surface area is 171 Å². The number of hydrogen-bond donors (Lipinski definition) is 1. The summed E-state index contributed by atoms with van der Waals surface area (Å²) in [5.41, 5.74) is 5.36. The second kappa shape index (κ2) is 7.26. The number of ether oxygens (including phenoxy) is 3. The van der Waals surface area contributed by atoms with E-state index in [1.54, 1.807) is 12.1 Å². The van der Waals surface area contributed by atoms with Crippen LogP contribution in [0.2, 0.25) is 25.7 Å². The van der Waals surface area contributed by atoms with E-state index in [1.165, 1.54) is 9.80 Å². The van der Waals surface area contributed by atoms with Crippen LogP contribution in [0.25, 0.3) is 0 Å². The molecule has 9 nitrogen and oxygen atoms in total. The second-order valence-electron chi connectivity index (χ2n) is 9.26. The van der Waals surface area contributed by atoms with Gasteiger partial charge in [0.15, 0.2) is 18.2 Å². The summed E-state index contributed by atoms with van der Waals surface area (Å²) in [5, 5.41) is 0. The maximum absolute atomic E-state index is 12.4. The molecule has 1 aromatic rings. The zero-order valence-corrected chi connectivity index (χ0v) is 18.1. The highest BCUT2D eigenvalue weighted by molar-refractivity contribution is 6.76. The van der Waals surface area contributed by atoms with E-state index in [0.29, 0.717) is 43.4 Å². The van der Waals surface area contributed by atoms with Crippen LogP contribution in [0.1, 0.15) is 12.8 Å². The first-order valence-corrected chi connectivity index (χ1v) is 13.6. The molecule has 0 aromatic carbocycles. The van der Waals surface area contributed by atoms with E-state index >= 15 is 0 Å². The second-order valence-corrected chi connectivity index (χ2v) is 14.9. The van der Waals surface area contributed by atoms with Gasteiger partial charge in [-0.25, -0.2) is 9.78 Å². The Morgan fingerprint density at radius 2 is 2.07 bits per heavy atom. The number of carbonyl (C=O) groups excluding carboxylic acids is 2. The van der Waals surface area contributed by atoms with Gasteiger partial charge in [0, 0.05) is 33.6 Å². The number of hydrogen-bond acceptors (Lipinski definition) is 7. The molecule has 3 heterocycles. The number of fused-ring (bicyclic) bond motifs is 1. The van der Waals surface area contributed by atoms with Crippen LogP contribution in [0, 0.1) is 0 Å². The summed E-state index contributed by atoms with van der Waals surface area (Å²) in [7, 11) is -1.22. The van der Waals surface area contributed by atoms with Crippen molar-refractivity contribution >= 4 is 31.7 Å². The molecule has 1 spiro atoms. The highest BCUT2D eigenvalue weighted by atomic mass is 28.3. The Balaban J connectivity index is 1.49. The molecule has 1 saturated heterocycles. The van der Waals surface area contributed by atoms with Gasteiger partial charge in [0.05, 0.1) is 6.54 Å². The minimum absolute atomic E-state index is 0.0574. The first-order valence-electron chi connectivity index (χ1n) is 9.94. The third-order valence-electron chi connectivity index (χ3n) is 5.46. The van der Waals surface area contributed by atoms with E-state index in [0.717, 1.165) is 6.04 Å². The van der Waals surface area contributed by atoms with Gasteiger partial charge in [-0.05, 0) is 18.2 Å². The summed E-state index contributed by atoms with van der Waals surface area (Å²) < 4.78 is 16.8. The monoisotopic (exact) mass is 420 g/mol. The third-order valence-corrected chi connectivity index (χ3v) is 7.17. The zero-order chi connectivity index (χ0) is 20.8. The van der Waals surface area contributed by atoms with Crippen molar-refractivity contribution in [1.29, 1.82) is 0 Å². The molecule has 29 heavy (non-hydrogen) atoms. The van der Waals surface area contributed by atoms with E-state index in [1.807, 2.05) is 0 Å². The lowest BCUT2D eigenvalue weighted by atomic mass is 9.76. The zero-order valence-electron chi connectivity index (χ0n) is 17.1. The average Bonchev–Trinajstić information content (AvgIpc) is 2.96. The van der Waals surface area contributed by atoms with E-state index in [9.17, 15) is 9.59 Å². The standard InChI is InChI=1S/C19H28N4O5Si/c1-29(2,3)7-6-26-12-23-16(24)10-27-14-4-5-15(21-17(14)23)22-11-19(28-18(22)25)8-13(20)9-19/h4-5,13H,6-12,20H2,1-3H3/t13-,19+. The maximum atomic E-state index is 12.4. The van der Waals surface area contributed by atoms with Crippen molar-refractivity contribution in [2.45, 2.75) is 50.2 Å². The number of nitrogens with two attached hydrogens (primary N) is 1. The first-order chi connectivity index (χ1) is 13.7. The van der Waals surface area contributed by atoms with Crippen LogP contribution in [0.5, 0.6) is 5.75 Å². The van der Waals surface area contributed by atoms with Crippen LogP contribution < -0.4 is 20.3 Å². The van der Waals surface area contributed by atoms with Crippen molar-refractivity contribution in [1.82, 2.24) is 4.98 Å². The molecular weight excluding hydrogens is 392 g/mol. The summed E-state index contributed by atoms with van der Waals surface area (Å²) in [5.74, 6) is 1.07. The lowest BCUT2D eigenvalue weighted by Crippen LogP contribution is -2.54. The summed E-state index contributed by atoms with van der Waals surface area (Å²) in [6, 6.07) is 4.51. The van der Waals surface area contributed by atoms with Gasteiger partial charge < -0.3 is 19.9 Å². The molecule has 1 aliphatic carbocycles. The van der Waals surface area contributed by atoms with Crippen LogP contribution >= 0.6 is 0 Å². The van der Waals surface area contributed by atoms with Crippen LogP contribution in [-0.4, -0.2) is 63.2 Å². The summed E-state index contributed by atoms with van der Waals surface area (Å²) in [4.78, 5) is 32.3. The van der Waals surface area contributed by atoms with E-state index < -0.39 is 19.8 Å². The minimum Gasteiger partial charge on any atom is -0.480 e. The topological polar surface area (TPSA) is 107 Å². The molecule has 2 amide bonds. The van der Waals surface area contributed by atoms with E-state index in [2.05, 4.69) is 24.6 Å². The maximum Gasteiger partial charge on any atom is 0.416 e. The number of anilines is 2. The average molecular weight is 421 g/mol. The van der Waals surface area contributed by atoms with Gasteiger partial charge in [0.1, 0.15) is 18.1 Å². The molecule has 1 aromatic heterocycles. The molecular formula is C19H28N4O5Si. The summed E-state index contributed by atoms with van der Waals surface area (Å²) in [6.45, 7) is 7.88. The van der Waals surface area contributed by atoms with Crippen molar-refractivity contribution < 1.29 is 23.8 Å². The number of amides is 2. The smallest absolute Gasteiger partial charge is 0.416 e. The molecule has 0 radical (unpaired) electrons. The SMILES string of the molecule is C[Si](C)(C)CCOCN1C(=O)COc2ccc(N3C[C@]4(C[C@H](N)C4)OC3=O)nc21. The van der Waals surface area contributed by atoms with Gasteiger partial charge in [0.2, 0.25) is 0 Å². The van der Waals surface area contributed by atoms with Gasteiger partial charge in [-0.3, -0.25) is 14.6 Å². The molecule has 2 N–H and O–H groups in total. The van der Waals surface area contributed by atoms with Gasteiger partial charge in [0.25, 0.3) is 5.91 Å². The van der Waals surface area contributed by atoms with Crippen molar-refractivity contribution in [3.05, 3.63) is 12.1 Å². The molecule has 0 unspecified atom stereocenters. The molecule has 0 bridgehead atoms. The Morgan fingerprint density at radius 1 is 1.31 bits per heavy atom. The normalized spacial score (nSPS) is 26.3. The number of aromatic nitrogens is 1. The van der Waals surface area contributed by atoms with Crippen LogP contribution in [-0.2, 0) is 14.3 Å². The Hall–Kier alpha value is -2.17. The lowest BCUT2D eigenvalue weighted by Gasteiger charge is -2.40. The molecule has 4 rings (SSSR count). The van der Waals surface area contributed by atoms with E-state index in [-0.39, 0.29) is 25.3 Å². The molecule has 0 atom stereocenters. The largest absolute Gasteiger partial charge is 0.480 e. The lowest BCUT2D eigenvalue weighted by molar-refractivity contribution is -0.122. The molecule has 2 fully saturated rings. The quantitative estimate of drug-likeness (QED) is 0.553. The Kier molecular flexibility index (Phi) is 5.04. The van der Waals surface area contributed by atoms with Crippen molar-refractivity contribution in [2.75, 3.05) is 36.3 Å². The molecule has 2 aliphatic heterocycles. The Bertz CT molecular complexity index is 821.